The van der Waals surface area contributed by atoms with Gasteiger partial charge in [0.05, 0.1) is 17.4 Å². The highest BCUT2D eigenvalue weighted by molar-refractivity contribution is 7.89. The van der Waals surface area contributed by atoms with Gasteiger partial charge in [0.1, 0.15) is 5.60 Å². The molecule has 0 aliphatic carbocycles. The monoisotopic (exact) mass is 379 g/mol. The number of nitriles is 1. The predicted octanol–water partition coefficient (Wildman–Crippen LogP) is 2.38. The third kappa shape index (κ3) is 4.74. The predicted molar refractivity (Wildman–Crippen MR) is 96.9 cm³/mol. The Kier molecular flexibility index (Phi) is 5.94. The van der Waals surface area contributed by atoms with Gasteiger partial charge in [-0.2, -0.15) is 9.57 Å². The Labute approximate surface area is 155 Å². The molecule has 1 amide bonds. The summed E-state index contributed by atoms with van der Waals surface area (Å²) in [5.41, 5.74) is 0.181. The number of ether oxygens (including phenoxy) is 1. The summed E-state index contributed by atoms with van der Waals surface area (Å²) in [6, 6.07) is 8.09. The highest BCUT2D eigenvalue weighted by Gasteiger charge is 2.35. The minimum Gasteiger partial charge on any atom is -0.444 e. The zero-order valence-electron chi connectivity index (χ0n) is 15.6. The molecule has 1 heterocycles. The van der Waals surface area contributed by atoms with Crippen LogP contribution in [-0.4, -0.2) is 55.0 Å². The topological polar surface area (TPSA) is 90.7 Å². The molecule has 1 aromatic rings. The van der Waals surface area contributed by atoms with Crippen molar-refractivity contribution in [3.05, 3.63) is 29.8 Å². The minimum absolute atomic E-state index is 0.192. The first kappa shape index (κ1) is 20.2. The van der Waals surface area contributed by atoms with Gasteiger partial charge in [-0.15, -0.1) is 0 Å². The molecule has 1 aromatic carbocycles. The van der Waals surface area contributed by atoms with Gasteiger partial charge in [-0.05, 0) is 45.4 Å². The summed E-state index contributed by atoms with van der Waals surface area (Å²) >= 11 is 0. The number of hydrogen-bond acceptors (Lipinski definition) is 5. The van der Waals surface area contributed by atoms with Crippen LogP contribution in [0.15, 0.2) is 29.2 Å². The second-order valence-electron chi connectivity index (χ2n) is 7.36. The van der Waals surface area contributed by atoms with Crippen molar-refractivity contribution in [1.82, 2.24) is 9.21 Å². The van der Waals surface area contributed by atoms with E-state index in [1.807, 2.05) is 13.0 Å². The number of nitrogens with zero attached hydrogens (tertiary/aromatic N) is 3. The standard InChI is InChI=1S/C18H25N3O4S/c1-14-13-20(11-12-21(14)17(22)25-18(2,3)4)26(23,24)16-7-5-15(6-8-16)9-10-19/h5-8,14H,9,11-13H2,1-4H3/t14-/m0/s1. The number of hydrogen-bond donors (Lipinski definition) is 0. The van der Waals surface area contributed by atoms with Gasteiger partial charge in [0.2, 0.25) is 10.0 Å². The normalized spacial score (nSPS) is 19.0. The van der Waals surface area contributed by atoms with Gasteiger partial charge in [0.25, 0.3) is 0 Å². The van der Waals surface area contributed by atoms with Crippen LogP contribution in [0.4, 0.5) is 4.79 Å². The van der Waals surface area contributed by atoms with E-state index in [1.54, 1.807) is 37.8 Å². The van der Waals surface area contributed by atoms with Crippen molar-refractivity contribution in [3.63, 3.8) is 0 Å². The summed E-state index contributed by atoms with van der Waals surface area (Å²) in [4.78, 5) is 14.0. The molecule has 26 heavy (non-hydrogen) atoms. The molecule has 2 rings (SSSR count). The molecule has 1 aliphatic heterocycles. The SMILES string of the molecule is C[C@H]1CN(S(=O)(=O)c2ccc(CC#N)cc2)CCN1C(=O)OC(C)(C)C. The van der Waals surface area contributed by atoms with Crippen molar-refractivity contribution in [2.24, 2.45) is 0 Å². The van der Waals surface area contributed by atoms with Crippen molar-refractivity contribution < 1.29 is 17.9 Å². The van der Waals surface area contributed by atoms with E-state index >= 15 is 0 Å². The van der Waals surface area contributed by atoms with Crippen LogP contribution >= 0.6 is 0 Å². The summed E-state index contributed by atoms with van der Waals surface area (Å²) in [5.74, 6) is 0. The van der Waals surface area contributed by atoms with Crippen LogP contribution < -0.4 is 0 Å². The lowest BCUT2D eigenvalue weighted by Crippen LogP contribution is -2.56. The fourth-order valence-corrected chi connectivity index (χ4v) is 4.27. The largest absolute Gasteiger partial charge is 0.444 e. The molecule has 0 saturated carbocycles. The number of carbonyl (C=O) groups is 1. The zero-order valence-corrected chi connectivity index (χ0v) is 16.4. The molecule has 8 heteroatoms. The van der Waals surface area contributed by atoms with E-state index in [0.29, 0.717) is 0 Å². The molecule has 0 spiro atoms. The Hall–Kier alpha value is -2.11. The summed E-state index contributed by atoms with van der Waals surface area (Å²) in [5, 5.41) is 8.70. The Morgan fingerprint density at radius 3 is 2.38 bits per heavy atom. The summed E-state index contributed by atoms with van der Waals surface area (Å²) in [6.45, 7) is 7.90. The van der Waals surface area contributed by atoms with Gasteiger partial charge in [0.15, 0.2) is 0 Å². The van der Waals surface area contributed by atoms with E-state index < -0.39 is 21.7 Å². The van der Waals surface area contributed by atoms with Crippen LogP contribution in [0.1, 0.15) is 33.3 Å². The Morgan fingerprint density at radius 2 is 1.88 bits per heavy atom. The van der Waals surface area contributed by atoms with E-state index in [0.717, 1.165) is 5.56 Å². The first-order valence-electron chi connectivity index (χ1n) is 8.50. The smallest absolute Gasteiger partial charge is 0.410 e. The van der Waals surface area contributed by atoms with Crippen LogP contribution in [0, 0.1) is 11.3 Å². The molecule has 7 nitrogen and oxygen atoms in total. The molecule has 0 aromatic heterocycles. The van der Waals surface area contributed by atoms with Crippen LogP contribution in [0.3, 0.4) is 0 Å². The maximum Gasteiger partial charge on any atom is 0.410 e. The number of carbonyl (C=O) groups excluding carboxylic acids is 1. The number of benzene rings is 1. The van der Waals surface area contributed by atoms with Gasteiger partial charge in [-0.3, -0.25) is 0 Å². The molecule has 142 valence electrons. The molecule has 1 atom stereocenters. The van der Waals surface area contributed by atoms with Gasteiger partial charge in [-0.25, -0.2) is 13.2 Å². The Morgan fingerprint density at radius 1 is 1.27 bits per heavy atom. The molecule has 1 saturated heterocycles. The molecule has 0 unspecified atom stereocenters. The summed E-state index contributed by atoms with van der Waals surface area (Å²) in [7, 11) is -3.64. The Bertz CT molecular complexity index is 791. The van der Waals surface area contributed by atoms with Gasteiger partial charge in [0, 0.05) is 25.7 Å². The summed E-state index contributed by atoms with van der Waals surface area (Å²) in [6.07, 6.45) is -0.186. The number of amides is 1. The van der Waals surface area contributed by atoms with Crippen molar-refractivity contribution in [2.45, 2.75) is 50.7 Å². The van der Waals surface area contributed by atoms with E-state index in [9.17, 15) is 13.2 Å². The van der Waals surface area contributed by atoms with Gasteiger partial charge < -0.3 is 9.64 Å². The number of rotatable bonds is 3. The van der Waals surface area contributed by atoms with Crippen molar-refractivity contribution in [1.29, 1.82) is 5.26 Å². The highest BCUT2D eigenvalue weighted by atomic mass is 32.2. The molecule has 0 radical (unpaired) electrons. The first-order chi connectivity index (χ1) is 12.0. The Balaban J connectivity index is 2.09. The van der Waals surface area contributed by atoms with E-state index in [-0.39, 0.29) is 37.0 Å². The molecule has 1 fully saturated rings. The fraction of sp³-hybridized carbons (Fsp3) is 0.556. The lowest BCUT2D eigenvalue weighted by Gasteiger charge is -2.39. The maximum atomic E-state index is 12.8. The van der Waals surface area contributed by atoms with E-state index in [4.69, 9.17) is 10.00 Å². The third-order valence-corrected chi connectivity index (χ3v) is 5.94. The second-order valence-corrected chi connectivity index (χ2v) is 9.30. The molecule has 1 aliphatic rings. The van der Waals surface area contributed by atoms with Crippen LogP contribution in [0.25, 0.3) is 0 Å². The zero-order chi connectivity index (χ0) is 19.5. The van der Waals surface area contributed by atoms with E-state index in [2.05, 4.69) is 0 Å². The number of piperazine rings is 1. The van der Waals surface area contributed by atoms with Crippen LogP contribution in [0.5, 0.6) is 0 Å². The lowest BCUT2D eigenvalue weighted by atomic mass is 10.2. The second kappa shape index (κ2) is 7.64. The van der Waals surface area contributed by atoms with Crippen molar-refractivity contribution >= 4 is 16.1 Å². The van der Waals surface area contributed by atoms with Crippen LogP contribution in [-0.2, 0) is 21.2 Å². The molecular formula is C18H25N3O4S. The quantitative estimate of drug-likeness (QED) is 0.804. The highest BCUT2D eigenvalue weighted by Crippen LogP contribution is 2.22. The first-order valence-corrected chi connectivity index (χ1v) is 9.94. The fourth-order valence-electron chi connectivity index (χ4n) is 2.75. The van der Waals surface area contributed by atoms with Crippen molar-refractivity contribution in [2.75, 3.05) is 19.6 Å². The van der Waals surface area contributed by atoms with Crippen LogP contribution in [0.2, 0.25) is 0 Å². The van der Waals surface area contributed by atoms with Gasteiger partial charge in [-0.1, -0.05) is 12.1 Å². The third-order valence-electron chi connectivity index (χ3n) is 4.06. The summed E-state index contributed by atoms with van der Waals surface area (Å²) < 4.78 is 32.4. The lowest BCUT2D eigenvalue weighted by molar-refractivity contribution is 0.00859. The average Bonchev–Trinajstić information content (AvgIpc) is 2.53. The van der Waals surface area contributed by atoms with Crippen molar-refractivity contribution in [3.8, 4) is 6.07 Å². The number of sulfonamides is 1. The molecule has 0 N–H and O–H groups in total. The average molecular weight is 379 g/mol. The molecule has 0 bridgehead atoms. The van der Waals surface area contributed by atoms with Gasteiger partial charge >= 0.3 is 6.09 Å². The molecular weight excluding hydrogens is 354 g/mol. The maximum absolute atomic E-state index is 12.8. The minimum atomic E-state index is -3.64. The van der Waals surface area contributed by atoms with E-state index in [1.165, 1.54) is 16.4 Å².